The second-order valence-electron chi connectivity index (χ2n) is 4.70. The van der Waals surface area contributed by atoms with Crippen molar-refractivity contribution in [2.75, 3.05) is 20.3 Å². The third-order valence-corrected chi connectivity index (χ3v) is 2.75. The van der Waals surface area contributed by atoms with E-state index in [1.807, 2.05) is 27.7 Å². The van der Waals surface area contributed by atoms with Gasteiger partial charge in [0.15, 0.2) is 0 Å². The van der Waals surface area contributed by atoms with Crippen LogP contribution >= 0.6 is 0 Å². The van der Waals surface area contributed by atoms with Crippen molar-refractivity contribution in [2.45, 2.75) is 33.7 Å². The molecule has 0 rings (SSSR count). The highest BCUT2D eigenvalue weighted by Gasteiger charge is 2.29. The second-order valence-corrected chi connectivity index (χ2v) is 4.70. The van der Waals surface area contributed by atoms with E-state index >= 15 is 0 Å². The molecule has 90 valence electrons. The monoisotopic (exact) mass is 217 g/mol. The molecule has 0 fully saturated rings. The molecule has 0 aliphatic heterocycles. The number of hydrogen-bond donors (Lipinski definition) is 2. The molecule has 4 nitrogen and oxygen atoms in total. The Morgan fingerprint density at radius 3 is 2.40 bits per heavy atom. The van der Waals surface area contributed by atoms with Gasteiger partial charge in [-0.1, -0.05) is 6.92 Å². The first-order valence-electron chi connectivity index (χ1n) is 5.27. The Morgan fingerprint density at radius 1 is 1.47 bits per heavy atom. The van der Waals surface area contributed by atoms with Gasteiger partial charge in [0.25, 0.3) is 0 Å². The Hall–Kier alpha value is -0.610. The topological polar surface area (TPSA) is 58.6 Å². The number of ether oxygens (including phenoxy) is 1. The number of aliphatic hydroxyl groups is 1. The number of carbonyl (C=O) groups is 1. The molecule has 0 aromatic rings. The van der Waals surface area contributed by atoms with E-state index in [1.165, 1.54) is 7.11 Å². The minimum atomic E-state index is -0.530. The molecular formula is C11H23NO3. The van der Waals surface area contributed by atoms with Crippen molar-refractivity contribution in [3.63, 3.8) is 0 Å². The van der Waals surface area contributed by atoms with Gasteiger partial charge in [0.05, 0.1) is 12.5 Å². The van der Waals surface area contributed by atoms with Gasteiger partial charge in [-0.2, -0.15) is 0 Å². The third kappa shape index (κ3) is 4.62. The van der Waals surface area contributed by atoms with E-state index < -0.39 is 5.41 Å². The molecule has 0 aromatic carbocycles. The van der Waals surface area contributed by atoms with Crippen LogP contribution in [-0.2, 0) is 9.53 Å². The van der Waals surface area contributed by atoms with Crippen LogP contribution in [0.15, 0.2) is 0 Å². The molecule has 0 aliphatic carbocycles. The number of rotatable bonds is 6. The van der Waals surface area contributed by atoms with E-state index in [2.05, 4.69) is 5.32 Å². The van der Waals surface area contributed by atoms with E-state index in [4.69, 9.17) is 9.84 Å². The summed E-state index contributed by atoms with van der Waals surface area (Å²) < 4.78 is 4.71. The standard InChI is InChI=1S/C11H23NO3/c1-8(6-13)9(2)12-7-11(3,4)10(14)15-5/h8-9,12-13H,6-7H2,1-5H3. The Kier molecular flexibility index (Phi) is 5.83. The summed E-state index contributed by atoms with van der Waals surface area (Å²) in [5, 5.41) is 12.2. The van der Waals surface area contributed by atoms with Crippen molar-refractivity contribution in [2.24, 2.45) is 11.3 Å². The molecule has 2 atom stereocenters. The fraction of sp³-hybridized carbons (Fsp3) is 0.909. The fourth-order valence-corrected chi connectivity index (χ4v) is 1.12. The van der Waals surface area contributed by atoms with Crippen LogP contribution in [0.2, 0.25) is 0 Å². The van der Waals surface area contributed by atoms with Gasteiger partial charge in [0, 0.05) is 19.2 Å². The van der Waals surface area contributed by atoms with Crippen molar-refractivity contribution in [3.8, 4) is 0 Å². The summed E-state index contributed by atoms with van der Waals surface area (Å²) in [7, 11) is 1.39. The highest BCUT2D eigenvalue weighted by atomic mass is 16.5. The van der Waals surface area contributed by atoms with Crippen LogP contribution in [0.25, 0.3) is 0 Å². The Bertz CT molecular complexity index is 204. The minimum Gasteiger partial charge on any atom is -0.469 e. The maximum absolute atomic E-state index is 11.4. The van der Waals surface area contributed by atoms with Crippen LogP contribution in [0.3, 0.4) is 0 Å². The maximum atomic E-state index is 11.4. The number of nitrogens with one attached hydrogen (secondary N) is 1. The lowest BCUT2D eigenvalue weighted by atomic mass is 9.92. The van der Waals surface area contributed by atoms with Crippen LogP contribution < -0.4 is 5.32 Å². The summed E-state index contributed by atoms with van der Waals surface area (Å²) >= 11 is 0. The molecule has 4 heteroatoms. The molecule has 0 saturated heterocycles. The molecule has 2 N–H and O–H groups in total. The van der Waals surface area contributed by atoms with Gasteiger partial charge < -0.3 is 15.2 Å². The first-order valence-corrected chi connectivity index (χ1v) is 5.27. The van der Waals surface area contributed by atoms with Crippen molar-refractivity contribution < 1.29 is 14.6 Å². The maximum Gasteiger partial charge on any atom is 0.312 e. The summed E-state index contributed by atoms with van der Waals surface area (Å²) in [5.74, 6) is -0.0442. The van der Waals surface area contributed by atoms with Gasteiger partial charge in [-0.25, -0.2) is 0 Å². The van der Waals surface area contributed by atoms with Crippen molar-refractivity contribution >= 4 is 5.97 Å². The Balaban J connectivity index is 4.08. The molecule has 0 spiro atoms. The zero-order valence-corrected chi connectivity index (χ0v) is 10.3. The van der Waals surface area contributed by atoms with E-state index in [-0.39, 0.29) is 24.5 Å². The Morgan fingerprint density at radius 2 is 2.00 bits per heavy atom. The molecule has 0 bridgehead atoms. The number of esters is 1. The summed E-state index contributed by atoms with van der Waals surface area (Å²) in [6.07, 6.45) is 0. The molecule has 2 unspecified atom stereocenters. The molecule has 0 radical (unpaired) electrons. The summed E-state index contributed by atoms with van der Waals surface area (Å²) in [6, 6.07) is 0.180. The van der Waals surface area contributed by atoms with E-state index in [9.17, 15) is 4.79 Å². The molecule has 15 heavy (non-hydrogen) atoms. The van der Waals surface area contributed by atoms with Crippen molar-refractivity contribution in [1.82, 2.24) is 5.32 Å². The van der Waals surface area contributed by atoms with Gasteiger partial charge in [0.1, 0.15) is 0 Å². The average Bonchev–Trinajstić information content (AvgIpc) is 2.23. The lowest BCUT2D eigenvalue weighted by molar-refractivity contribution is -0.150. The molecule has 0 heterocycles. The first-order chi connectivity index (χ1) is 6.85. The molecule has 0 aliphatic rings. The summed E-state index contributed by atoms with van der Waals surface area (Å²) in [4.78, 5) is 11.4. The number of methoxy groups -OCH3 is 1. The zero-order chi connectivity index (χ0) is 12.1. The largest absolute Gasteiger partial charge is 0.469 e. The third-order valence-electron chi connectivity index (χ3n) is 2.75. The highest BCUT2D eigenvalue weighted by molar-refractivity contribution is 5.76. The lowest BCUT2D eigenvalue weighted by Crippen LogP contribution is -2.43. The fourth-order valence-electron chi connectivity index (χ4n) is 1.12. The summed E-state index contributed by atoms with van der Waals surface area (Å²) in [6.45, 7) is 8.32. The molecule has 0 amide bonds. The van der Waals surface area contributed by atoms with E-state index in [0.717, 1.165) is 0 Å². The van der Waals surface area contributed by atoms with E-state index in [0.29, 0.717) is 6.54 Å². The number of aliphatic hydroxyl groups excluding tert-OH is 1. The molecule has 0 saturated carbocycles. The zero-order valence-electron chi connectivity index (χ0n) is 10.3. The normalized spacial score (nSPS) is 15.9. The van der Waals surface area contributed by atoms with Gasteiger partial charge in [-0.15, -0.1) is 0 Å². The van der Waals surface area contributed by atoms with Crippen LogP contribution in [-0.4, -0.2) is 37.4 Å². The van der Waals surface area contributed by atoms with E-state index in [1.54, 1.807) is 0 Å². The second kappa shape index (κ2) is 6.08. The Labute approximate surface area is 92.0 Å². The van der Waals surface area contributed by atoms with Gasteiger partial charge >= 0.3 is 5.97 Å². The number of hydrogen-bond acceptors (Lipinski definition) is 4. The first kappa shape index (κ1) is 14.4. The smallest absolute Gasteiger partial charge is 0.312 e. The van der Waals surface area contributed by atoms with Crippen LogP contribution in [0.1, 0.15) is 27.7 Å². The van der Waals surface area contributed by atoms with Gasteiger partial charge in [0.2, 0.25) is 0 Å². The SMILES string of the molecule is COC(=O)C(C)(C)CNC(C)C(C)CO. The van der Waals surface area contributed by atoms with Crippen LogP contribution in [0.4, 0.5) is 0 Å². The molecular weight excluding hydrogens is 194 g/mol. The number of carbonyl (C=O) groups excluding carboxylic acids is 1. The predicted octanol–water partition coefficient (Wildman–Crippen LogP) is 0.792. The van der Waals surface area contributed by atoms with Crippen LogP contribution in [0, 0.1) is 11.3 Å². The molecule has 0 aromatic heterocycles. The lowest BCUT2D eigenvalue weighted by Gasteiger charge is -2.26. The average molecular weight is 217 g/mol. The summed E-state index contributed by atoms with van der Waals surface area (Å²) in [5.41, 5.74) is -0.530. The minimum absolute atomic E-state index is 0.146. The van der Waals surface area contributed by atoms with Gasteiger partial charge in [-0.05, 0) is 26.7 Å². The van der Waals surface area contributed by atoms with Gasteiger partial charge in [-0.3, -0.25) is 4.79 Å². The highest BCUT2D eigenvalue weighted by Crippen LogP contribution is 2.16. The predicted molar refractivity (Wildman–Crippen MR) is 59.5 cm³/mol. The quantitative estimate of drug-likeness (QED) is 0.646. The van der Waals surface area contributed by atoms with Crippen molar-refractivity contribution in [3.05, 3.63) is 0 Å². The van der Waals surface area contributed by atoms with Crippen LogP contribution in [0.5, 0.6) is 0 Å². The van der Waals surface area contributed by atoms with Crippen molar-refractivity contribution in [1.29, 1.82) is 0 Å².